The molecule has 0 aromatic heterocycles. The minimum atomic E-state index is -1.22. The van der Waals surface area contributed by atoms with Gasteiger partial charge in [0.1, 0.15) is 12.3 Å². The third kappa shape index (κ3) is 2.44. The van der Waals surface area contributed by atoms with Crippen LogP contribution in [0.1, 0.15) is 10.4 Å². The van der Waals surface area contributed by atoms with E-state index >= 15 is 0 Å². The van der Waals surface area contributed by atoms with Crippen LogP contribution in [0.5, 0.6) is 0 Å². The van der Waals surface area contributed by atoms with Gasteiger partial charge in [0, 0.05) is 17.7 Å². The number of Topliss-reactive ketones (excluding diaryl/α,β-unsaturated/α-hetero) is 1. The minimum absolute atomic E-state index is 0.119. The summed E-state index contributed by atoms with van der Waals surface area (Å²) in [4.78, 5) is 31.3. The summed E-state index contributed by atoms with van der Waals surface area (Å²) in [6.45, 7) is 0. The highest BCUT2D eigenvalue weighted by Crippen LogP contribution is 2.12. The number of nitrogens with two attached hydrogens (primary N) is 1. The van der Waals surface area contributed by atoms with Crippen LogP contribution in [0.4, 0.5) is 5.69 Å². The Morgan fingerprint density at radius 1 is 1.40 bits per heavy atom. The quantitative estimate of drug-likeness (QED) is 0.252. The molecule has 1 aromatic carbocycles. The van der Waals surface area contributed by atoms with Crippen LogP contribution in [-0.4, -0.2) is 23.0 Å². The molecule has 0 fully saturated rings. The molecule has 0 amide bonds. The van der Waals surface area contributed by atoms with Crippen molar-refractivity contribution in [1.82, 2.24) is 0 Å². The number of aldehydes is 1. The van der Waals surface area contributed by atoms with E-state index in [1.165, 1.54) is 24.3 Å². The van der Waals surface area contributed by atoms with E-state index in [0.29, 0.717) is 6.29 Å². The van der Waals surface area contributed by atoms with Crippen molar-refractivity contribution < 1.29 is 14.5 Å². The average Bonchev–Trinajstić information content (AvgIpc) is 2.27. The maximum absolute atomic E-state index is 11.3. The number of nitro benzene ring substituents is 1. The van der Waals surface area contributed by atoms with Gasteiger partial charge in [-0.05, 0) is 12.1 Å². The van der Waals surface area contributed by atoms with Crippen LogP contribution in [0.15, 0.2) is 24.3 Å². The summed E-state index contributed by atoms with van der Waals surface area (Å²) in [5.74, 6) is -0.556. The van der Waals surface area contributed by atoms with E-state index in [4.69, 9.17) is 5.73 Å². The van der Waals surface area contributed by atoms with Crippen LogP contribution in [-0.2, 0) is 4.79 Å². The number of nitrogens with zero attached hydrogens (tertiary/aromatic N) is 1. The van der Waals surface area contributed by atoms with Crippen LogP contribution in [0.3, 0.4) is 0 Å². The number of rotatable bonds is 4. The fourth-order valence-corrected chi connectivity index (χ4v) is 1.00. The molecule has 1 unspecified atom stereocenters. The Kier molecular flexibility index (Phi) is 3.25. The molecule has 0 radical (unpaired) electrons. The Hall–Kier alpha value is -2.08. The number of nitro groups is 1. The Morgan fingerprint density at radius 2 is 1.93 bits per heavy atom. The van der Waals surface area contributed by atoms with Crippen molar-refractivity contribution in [3.05, 3.63) is 39.9 Å². The van der Waals surface area contributed by atoms with Gasteiger partial charge in [-0.25, -0.2) is 0 Å². The predicted molar refractivity (Wildman–Crippen MR) is 51.5 cm³/mol. The van der Waals surface area contributed by atoms with E-state index in [9.17, 15) is 19.7 Å². The highest BCUT2D eigenvalue weighted by Gasteiger charge is 2.15. The van der Waals surface area contributed by atoms with Gasteiger partial charge in [0.2, 0.25) is 0 Å². The summed E-state index contributed by atoms with van der Waals surface area (Å²) in [7, 11) is 0. The summed E-state index contributed by atoms with van der Waals surface area (Å²) < 4.78 is 0. The van der Waals surface area contributed by atoms with Gasteiger partial charge in [-0.1, -0.05) is 0 Å². The molecule has 1 atom stereocenters. The second-order valence-electron chi connectivity index (χ2n) is 2.83. The first-order valence-corrected chi connectivity index (χ1v) is 4.06. The molecule has 0 saturated carbocycles. The number of benzene rings is 1. The van der Waals surface area contributed by atoms with Crippen molar-refractivity contribution >= 4 is 17.8 Å². The second kappa shape index (κ2) is 4.43. The first kappa shape index (κ1) is 11.0. The maximum atomic E-state index is 11.3. The molecule has 6 heteroatoms. The normalized spacial score (nSPS) is 11.8. The van der Waals surface area contributed by atoms with Crippen molar-refractivity contribution in [2.75, 3.05) is 0 Å². The molecule has 78 valence electrons. The average molecular weight is 208 g/mol. The van der Waals surface area contributed by atoms with E-state index in [2.05, 4.69) is 0 Å². The molecule has 0 spiro atoms. The first-order valence-electron chi connectivity index (χ1n) is 4.06. The number of carbonyl (C=O) groups excluding carboxylic acids is 2. The van der Waals surface area contributed by atoms with Gasteiger partial charge in [-0.2, -0.15) is 0 Å². The Bertz CT molecular complexity index is 399. The van der Waals surface area contributed by atoms with Crippen LogP contribution >= 0.6 is 0 Å². The van der Waals surface area contributed by atoms with E-state index in [1.54, 1.807) is 0 Å². The summed E-state index contributed by atoms with van der Waals surface area (Å²) in [5.41, 5.74) is 5.26. The number of hydrogen-bond acceptors (Lipinski definition) is 5. The zero-order valence-electron chi connectivity index (χ0n) is 7.62. The molecule has 15 heavy (non-hydrogen) atoms. The maximum Gasteiger partial charge on any atom is 0.269 e. The van der Waals surface area contributed by atoms with Gasteiger partial charge >= 0.3 is 0 Å². The van der Waals surface area contributed by atoms with E-state index in [1.807, 2.05) is 0 Å². The van der Waals surface area contributed by atoms with Gasteiger partial charge in [0.15, 0.2) is 5.78 Å². The van der Waals surface area contributed by atoms with Crippen LogP contribution in [0, 0.1) is 10.1 Å². The number of carbonyl (C=O) groups is 2. The number of ketones is 1. The topological polar surface area (TPSA) is 103 Å². The molecular formula is C9H8N2O4. The van der Waals surface area contributed by atoms with Crippen LogP contribution < -0.4 is 5.73 Å². The Labute approximate surface area is 84.8 Å². The minimum Gasteiger partial charge on any atom is -0.315 e. The summed E-state index contributed by atoms with van der Waals surface area (Å²) in [6.07, 6.45) is 0.323. The van der Waals surface area contributed by atoms with Crippen LogP contribution in [0.25, 0.3) is 0 Å². The van der Waals surface area contributed by atoms with Gasteiger partial charge in [-0.15, -0.1) is 0 Å². The lowest BCUT2D eigenvalue weighted by Gasteiger charge is -2.02. The second-order valence-corrected chi connectivity index (χ2v) is 2.83. The van der Waals surface area contributed by atoms with Crippen molar-refractivity contribution in [2.24, 2.45) is 5.73 Å². The molecule has 0 bridgehead atoms. The monoisotopic (exact) mass is 208 g/mol. The van der Waals surface area contributed by atoms with Crippen molar-refractivity contribution in [1.29, 1.82) is 0 Å². The Morgan fingerprint density at radius 3 is 2.33 bits per heavy atom. The van der Waals surface area contributed by atoms with Gasteiger partial charge in [0.25, 0.3) is 5.69 Å². The zero-order valence-corrected chi connectivity index (χ0v) is 7.62. The fourth-order valence-electron chi connectivity index (χ4n) is 1.00. The molecule has 0 aliphatic rings. The van der Waals surface area contributed by atoms with E-state index in [0.717, 1.165) is 0 Å². The standard InChI is InChI=1S/C9H8N2O4/c10-8(5-12)9(13)6-1-3-7(4-2-6)11(14)15/h1-5,8H,10H2. The number of non-ortho nitro benzene ring substituents is 1. The smallest absolute Gasteiger partial charge is 0.269 e. The zero-order chi connectivity index (χ0) is 11.4. The van der Waals surface area contributed by atoms with E-state index in [-0.39, 0.29) is 11.3 Å². The van der Waals surface area contributed by atoms with Crippen LogP contribution in [0.2, 0.25) is 0 Å². The third-order valence-electron chi connectivity index (χ3n) is 1.81. The SMILES string of the molecule is NC(C=O)C(=O)c1ccc([N+](=O)[O-])cc1. The van der Waals surface area contributed by atoms with Gasteiger partial charge < -0.3 is 10.5 Å². The molecule has 0 aliphatic heterocycles. The van der Waals surface area contributed by atoms with Crippen molar-refractivity contribution in [3.8, 4) is 0 Å². The largest absolute Gasteiger partial charge is 0.315 e. The lowest BCUT2D eigenvalue weighted by atomic mass is 10.1. The Balaban J connectivity index is 2.94. The summed E-state index contributed by atoms with van der Waals surface area (Å²) in [5, 5.41) is 10.3. The summed E-state index contributed by atoms with van der Waals surface area (Å²) >= 11 is 0. The van der Waals surface area contributed by atoms with Crippen molar-refractivity contribution in [2.45, 2.75) is 6.04 Å². The van der Waals surface area contributed by atoms with Crippen molar-refractivity contribution in [3.63, 3.8) is 0 Å². The first-order chi connectivity index (χ1) is 7.06. The van der Waals surface area contributed by atoms with Gasteiger partial charge in [0.05, 0.1) is 4.92 Å². The molecular weight excluding hydrogens is 200 g/mol. The van der Waals surface area contributed by atoms with Gasteiger partial charge in [-0.3, -0.25) is 14.9 Å². The highest BCUT2D eigenvalue weighted by atomic mass is 16.6. The lowest BCUT2D eigenvalue weighted by molar-refractivity contribution is -0.384. The fraction of sp³-hybridized carbons (Fsp3) is 0.111. The molecule has 1 aromatic rings. The molecule has 2 N–H and O–H groups in total. The lowest BCUT2D eigenvalue weighted by Crippen LogP contribution is -2.31. The highest BCUT2D eigenvalue weighted by molar-refractivity contribution is 6.08. The number of hydrogen-bond donors (Lipinski definition) is 1. The third-order valence-corrected chi connectivity index (χ3v) is 1.81. The summed E-state index contributed by atoms with van der Waals surface area (Å²) in [6, 6.07) is 3.69. The molecule has 0 aliphatic carbocycles. The molecule has 6 nitrogen and oxygen atoms in total. The van der Waals surface area contributed by atoms with E-state index < -0.39 is 16.7 Å². The molecule has 0 saturated heterocycles. The predicted octanol–water partition coefficient (Wildman–Crippen LogP) is 0.304. The molecule has 0 heterocycles. The molecule has 1 rings (SSSR count).